The first kappa shape index (κ1) is 20.9. The lowest BCUT2D eigenvalue weighted by Gasteiger charge is -2.17. The van der Waals surface area contributed by atoms with Gasteiger partial charge in [0, 0.05) is 19.6 Å². The summed E-state index contributed by atoms with van der Waals surface area (Å²) in [5.74, 6) is 0.773. The van der Waals surface area contributed by atoms with E-state index in [1.54, 1.807) is 7.05 Å². The number of guanidine groups is 1. The molecular weight excluding hydrogens is 439 g/mol. The second-order valence-electron chi connectivity index (χ2n) is 5.49. The minimum atomic E-state index is -3.23. The van der Waals surface area contributed by atoms with E-state index < -0.39 is 10.0 Å². The molecule has 0 fully saturated rings. The van der Waals surface area contributed by atoms with Gasteiger partial charge in [0.25, 0.3) is 0 Å². The summed E-state index contributed by atoms with van der Waals surface area (Å²) < 4.78 is 25.4. The maximum Gasteiger partial charge on any atom is 0.215 e. The number of nitrogens with one attached hydrogen (secondary N) is 3. The van der Waals surface area contributed by atoms with Crippen molar-refractivity contribution in [2.45, 2.75) is 31.2 Å². The van der Waals surface area contributed by atoms with E-state index in [0.717, 1.165) is 29.9 Å². The first-order valence-electron chi connectivity index (χ1n) is 7.63. The molecule has 0 saturated heterocycles. The summed E-state index contributed by atoms with van der Waals surface area (Å²) in [5, 5.41) is 6.65. The molecule has 0 aromatic heterocycles. The van der Waals surface area contributed by atoms with Gasteiger partial charge in [-0.25, -0.2) is 13.1 Å². The Labute approximate surface area is 161 Å². The van der Waals surface area contributed by atoms with Gasteiger partial charge in [-0.15, -0.1) is 24.0 Å². The Morgan fingerprint density at radius 1 is 1.17 bits per heavy atom. The summed E-state index contributed by atoms with van der Waals surface area (Å²) in [6.45, 7) is 0.638. The molecule has 0 amide bonds. The van der Waals surface area contributed by atoms with Crippen molar-refractivity contribution in [1.82, 2.24) is 15.4 Å². The normalized spacial score (nSPS) is 15.2. The summed E-state index contributed by atoms with van der Waals surface area (Å²) in [5.41, 5.74) is 1.84. The lowest BCUT2D eigenvalue weighted by Crippen LogP contribution is -2.42. The van der Waals surface area contributed by atoms with Crippen LogP contribution < -0.4 is 15.4 Å². The zero-order chi connectivity index (χ0) is 16.7. The Bertz CT molecular complexity index is 664. The van der Waals surface area contributed by atoms with Crippen molar-refractivity contribution in [3.63, 3.8) is 0 Å². The van der Waals surface area contributed by atoms with Crippen LogP contribution in [-0.2, 0) is 22.3 Å². The molecule has 2 rings (SSSR count). The lowest BCUT2D eigenvalue weighted by atomic mass is 10.1. The highest BCUT2D eigenvalue weighted by Gasteiger charge is 2.11. The number of rotatable bonds is 6. The smallest absolute Gasteiger partial charge is 0.215 e. The molecule has 3 N–H and O–H groups in total. The molecule has 6 nitrogen and oxygen atoms in total. The zero-order valence-electron chi connectivity index (χ0n) is 14.0. The highest BCUT2D eigenvalue weighted by molar-refractivity contribution is 14.0. The van der Waals surface area contributed by atoms with E-state index in [0.29, 0.717) is 12.6 Å². The number of hydrogen-bond acceptors (Lipinski definition) is 3. The van der Waals surface area contributed by atoms with E-state index in [1.165, 1.54) is 7.05 Å². The maximum atomic E-state index is 11.5. The highest BCUT2D eigenvalue weighted by atomic mass is 127. The number of benzene rings is 1. The largest absolute Gasteiger partial charge is 0.353 e. The third-order valence-electron chi connectivity index (χ3n) is 3.72. The Kier molecular flexibility index (Phi) is 8.71. The number of sulfonamides is 1. The predicted octanol–water partition coefficient (Wildman–Crippen LogP) is 1.74. The first-order chi connectivity index (χ1) is 11.0. The van der Waals surface area contributed by atoms with Gasteiger partial charge in [-0.2, -0.15) is 0 Å². The molecule has 24 heavy (non-hydrogen) atoms. The molecule has 1 aromatic carbocycles. The maximum absolute atomic E-state index is 11.5. The van der Waals surface area contributed by atoms with Crippen LogP contribution in [0.25, 0.3) is 0 Å². The molecule has 0 heterocycles. The molecule has 0 atom stereocenters. The van der Waals surface area contributed by atoms with Crippen LogP contribution in [0.2, 0.25) is 0 Å². The van der Waals surface area contributed by atoms with Crippen molar-refractivity contribution in [2.75, 3.05) is 14.1 Å². The van der Waals surface area contributed by atoms with E-state index in [-0.39, 0.29) is 29.7 Å². The monoisotopic (exact) mass is 464 g/mol. The summed E-state index contributed by atoms with van der Waals surface area (Å²) in [6.07, 6.45) is 6.39. The topological polar surface area (TPSA) is 82.6 Å². The van der Waals surface area contributed by atoms with E-state index in [2.05, 4.69) is 32.5 Å². The molecule has 0 radical (unpaired) electrons. The number of aliphatic imine (C=N–C) groups is 1. The second kappa shape index (κ2) is 10.00. The Hall–Kier alpha value is -1.13. The molecule has 1 aromatic rings. The minimum Gasteiger partial charge on any atom is -0.353 e. The molecule has 1 aliphatic carbocycles. The average molecular weight is 464 g/mol. The molecule has 0 spiro atoms. The van der Waals surface area contributed by atoms with Crippen molar-refractivity contribution in [1.29, 1.82) is 0 Å². The van der Waals surface area contributed by atoms with Crippen molar-refractivity contribution in [2.24, 2.45) is 4.99 Å². The quantitative estimate of drug-likeness (QED) is 0.259. The molecule has 134 valence electrons. The van der Waals surface area contributed by atoms with Gasteiger partial charge in [-0.3, -0.25) is 4.99 Å². The van der Waals surface area contributed by atoms with Crippen LogP contribution in [0.1, 0.15) is 24.0 Å². The van der Waals surface area contributed by atoms with Gasteiger partial charge in [0.05, 0.1) is 5.75 Å². The third kappa shape index (κ3) is 6.78. The molecule has 0 unspecified atom stereocenters. The van der Waals surface area contributed by atoms with Crippen LogP contribution >= 0.6 is 24.0 Å². The van der Waals surface area contributed by atoms with Crippen LogP contribution in [0, 0.1) is 0 Å². The van der Waals surface area contributed by atoms with E-state index in [1.807, 2.05) is 24.3 Å². The summed E-state index contributed by atoms with van der Waals surface area (Å²) in [6, 6.07) is 7.94. The highest BCUT2D eigenvalue weighted by Crippen LogP contribution is 2.09. The van der Waals surface area contributed by atoms with Gasteiger partial charge in [0.1, 0.15) is 0 Å². The van der Waals surface area contributed by atoms with Crippen LogP contribution in [0.4, 0.5) is 0 Å². The van der Waals surface area contributed by atoms with Crippen molar-refractivity contribution in [3.05, 3.63) is 47.5 Å². The Morgan fingerprint density at radius 2 is 1.75 bits per heavy atom. The molecule has 1 aliphatic rings. The number of nitrogens with zero attached hydrogens (tertiary/aromatic N) is 1. The van der Waals surface area contributed by atoms with Crippen LogP contribution in [0.15, 0.2) is 41.4 Å². The van der Waals surface area contributed by atoms with Crippen LogP contribution in [0.5, 0.6) is 0 Å². The van der Waals surface area contributed by atoms with E-state index >= 15 is 0 Å². The van der Waals surface area contributed by atoms with Crippen LogP contribution in [-0.4, -0.2) is 34.5 Å². The van der Waals surface area contributed by atoms with Gasteiger partial charge in [0.15, 0.2) is 5.96 Å². The van der Waals surface area contributed by atoms with Gasteiger partial charge in [-0.05, 0) is 31.0 Å². The summed E-state index contributed by atoms with van der Waals surface area (Å²) in [7, 11) is -0.0531. The predicted molar refractivity (Wildman–Crippen MR) is 109 cm³/mol. The molecule has 0 aliphatic heterocycles. The molecule has 8 heteroatoms. The van der Waals surface area contributed by atoms with Crippen LogP contribution in [0.3, 0.4) is 0 Å². The SMILES string of the molecule is CN=C(NCc1ccc(CS(=O)(=O)NC)cc1)NC1CC=CC1.I. The average Bonchev–Trinajstić information content (AvgIpc) is 3.05. The van der Waals surface area contributed by atoms with Gasteiger partial charge in [-0.1, -0.05) is 36.4 Å². The molecule has 0 saturated carbocycles. The zero-order valence-corrected chi connectivity index (χ0v) is 17.1. The van der Waals surface area contributed by atoms with Crippen molar-refractivity contribution >= 4 is 40.0 Å². The fraction of sp³-hybridized carbons (Fsp3) is 0.438. The fourth-order valence-electron chi connectivity index (χ4n) is 2.35. The van der Waals surface area contributed by atoms with Gasteiger partial charge in [0.2, 0.25) is 10.0 Å². The van der Waals surface area contributed by atoms with Gasteiger partial charge >= 0.3 is 0 Å². The van der Waals surface area contributed by atoms with Crippen molar-refractivity contribution in [3.8, 4) is 0 Å². The standard InChI is InChI=1S/C16H24N4O2S.HI/c1-17-16(20-15-5-3-4-6-15)19-11-13-7-9-14(10-8-13)12-23(21,22)18-2;/h3-4,7-10,15,18H,5-6,11-12H2,1-2H3,(H2,17,19,20);1H. The summed E-state index contributed by atoms with van der Waals surface area (Å²) >= 11 is 0. The second-order valence-corrected chi connectivity index (χ2v) is 7.42. The molecular formula is C16H25IN4O2S. The van der Waals surface area contributed by atoms with Crippen molar-refractivity contribution < 1.29 is 8.42 Å². The Balaban J connectivity index is 0.00000288. The number of hydrogen-bond donors (Lipinski definition) is 3. The fourth-order valence-corrected chi connectivity index (χ4v) is 3.13. The van der Waals surface area contributed by atoms with E-state index in [9.17, 15) is 8.42 Å². The lowest BCUT2D eigenvalue weighted by molar-refractivity contribution is 0.587. The number of halogens is 1. The van der Waals surface area contributed by atoms with E-state index in [4.69, 9.17) is 0 Å². The minimum absolute atomic E-state index is 0. The summed E-state index contributed by atoms with van der Waals surface area (Å²) in [4.78, 5) is 4.22. The third-order valence-corrected chi connectivity index (χ3v) is 5.06. The van der Waals surface area contributed by atoms with Gasteiger partial charge < -0.3 is 10.6 Å². The Morgan fingerprint density at radius 3 is 2.29 bits per heavy atom. The molecule has 0 bridgehead atoms. The first-order valence-corrected chi connectivity index (χ1v) is 9.29.